The van der Waals surface area contributed by atoms with E-state index in [1.807, 2.05) is 6.92 Å². The fourth-order valence-corrected chi connectivity index (χ4v) is 1.61. The first-order chi connectivity index (χ1) is 8.86. The van der Waals surface area contributed by atoms with Gasteiger partial charge in [-0.1, -0.05) is 19.9 Å². The molecule has 0 saturated heterocycles. The molecule has 0 radical (unpaired) electrons. The third-order valence-electron chi connectivity index (χ3n) is 3.13. The van der Waals surface area contributed by atoms with Crippen molar-refractivity contribution in [2.45, 2.75) is 33.2 Å². The van der Waals surface area contributed by atoms with Crippen molar-refractivity contribution in [2.75, 3.05) is 5.32 Å². The smallest absolute Gasteiger partial charge is 0.274 e. The van der Waals surface area contributed by atoms with Crippen molar-refractivity contribution in [3.05, 3.63) is 33.9 Å². The maximum absolute atomic E-state index is 11.8. The molecule has 0 aliphatic rings. The molecule has 0 aromatic heterocycles. The van der Waals surface area contributed by atoms with Crippen molar-refractivity contribution in [2.24, 2.45) is 11.7 Å². The van der Waals surface area contributed by atoms with Gasteiger partial charge in [0.25, 0.3) is 5.69 Å². The number of hydrogen-bond donors (Lipinski definition) is 2. The fourth-order valence-electron chi connectivity index (χ4n) is 1.61. The van der Waals surface area contributed by atoms with E-state index in [0.29, 0.717) is 17.7 Å². The highest BCUT2D eigenvalue weighted by molar-refractivity contribution is 5.93. The summed E-state index contributed by atoms with van der Waals surface area (Å²) in [6, 6.07) is 4.43. The average Bonchev–Trinajstić information content (AvgIpc) is 2.37. The number of amides is 1. The molecule has 2 atom stereocenters. The summed E-state index contributed by atoms with van der Waals surface area (Å²) in [7, 11) is 0. The minimum atomic E-state index is -0.441. The Kier molecular flexibility index (Phi) is 5.00. The van der Waals surface area contributed by atoms with Crippen LogP contribution >= 0.6 is 0 Å². The SMILES string of the molecule is CCc1ccc(NC(=O)C(C)C(C)N)cc1[N+](=O)[O-]. The monoisotopic (exact) mass is 265 g/mol. The van der Waals surface area contributed by atoms with Crippen LogP contribution in [0.5, 0.6) is 0 Å². The van der Waals surface area contributed by atoms with Crippen LogP contribution < -0.4 is 11.1 Å². The van der Waals surface area contributed by atoms with E-state index in [0.717, 1.165) is 0 Å². The molecule has 0 aliphatic heterocycles. The topological polar surface area (TPSA) is 98.3 Å². The second kappa shape index (κ2) is 6.29. The minimum absolute atomic E-state index is 0.0220. The third kappa shape index (κ3) is 3.75. The van der Waals surface area contributed by atoms with Crippen LogP contribution in [0.2, 0.25) is 0 Å². The number of anilines is 1. The second-order valence-corrected chi connectivity index (χ2v) is 4.59. The summed E-state index contributed by atoms with van der Waals surface area (Å²) >= 11 is 0. The van der Waals surface area contributed by atoms with Crippen LogP contribution in [-0.2, 0) is 11.2 Å². The Morgan fingerprint density at radius 2 is 2.11 bits per heavy atom. The van der Waals surface area contributed by atoms with Gasteiger partial charge in [-0.3, -0.25) is 14.9 Å². The Labute approximate surface area is 112 Å². The van der Waals surface area contributed by atoms with Crippen molar-refractivity contribution in [1.29, 1.82) is 0 Å². The lowest BCUT2D eigenvalue weighted by Gasteiger charge is -2.15. The zero-order valence-electron chi connectivity index (χ0n) is 11.3. The molecule has 1 rings (SSSR count). The molecule has 1 aromatic rings. The van der Waals surface area contributed by atoms with E-state index in [1.165, 1.54) is 6.07 Å². The lowest BCUT2D eigenvalue weighted by atomic mass is 10.0. The largest absolute Gasteiger partial charge is 0.327 e. The van der Waals surface area contributed by atoms with Crippen molar-refractivity contribution < 1.29 is 9.72 Å². The highest BCUT2D eigenvalue weighted by Gasteiger charge is 2.19. The molecule has 0 bridgehead atoms. The quantitative estimate of drug-likeness (QED) is 0.629. The number of rotatable bonds is 5. The summed E-state index contributed by atoms with van der Waals surface area (Å²) in [5.74, 6) is -0.599. The molecule has 0 fully saturated rings. The Morgan fingerprint density at radius 3 is 2.58 bits per heavy atom. The molecular formula is C13H19N3O3. The molecule has 6 nitrogen and oxygen atoms in total. The Hall–Kier alpha value is -1.95. The number of nitro groups is 1. The number of carbonyl (C=O) groups excluding carboxylic acids is 1. The number of nitro benzene ring substituents is 1. The molecule has 1 amide bonds. The Morgan fingerprint density at radius 1 is 1.47 bits per heavy atom. The molecule has 1 aromatic carbocycles. The van der Waals surface area contributed by atoms with Gasteiger partial charge in [-0.25, -0.2) is 0 Å². The summed E-state index contributed by atoms with van der Waals surface area (Å²) in [5, 5.41) is 13.6. The highest BCUT2D eigenvalue weighted by Crippen LogP contribution is 2.24. The number of nitrogens with zero attached hydrogens (tertiary/aromatic N) is 1. The Balaban J connectivity index is 2.94. The van der Waals surface area contributed by atoms with Gasteiger partial charge in [0.2, 0.25) is 5.91 Å². The van der Waals surface area contributed by atoms with Crippen LogP contribution in [-0.4, -0.2) is 16.9 Å². The van der Waals surface area contributed by atoms with Gasteiger partial charge in [0.15, 0.2) is 0 Å². The van der Waals surface area contributed by atoms with Gasteiger partial charge in [0.05, 0.1) is 10.8 Å². The predicted octanol–water partition coefficient (Wildman–Crippen LogP) is 2.08. The minimum Gasteiger partial charge on any atom is -0.327 e. The summed E-state index contributed by atoms with van der Waals surface area (Å²) < 4.78 is 0. The number of nitrogens with two attached hydrogens (primary N) is 1. The summed E-state index contributed by atoms with van der Waals surface area (Å²) in [6.45, 7) is 5.31. The van der Waals surface area contributed by atoms with E-state index in [9.17, 15) is 14.9 Å². The summed E-state index contributed by atoms with van der Waals surface area (Å²) in [4.78, 5) is 22.3. The molecule has 104 valence electrons. The van der Waals surface area contributed by atoms with Gasteiger partial charge in [-0.2, -0.15) is 0 Å². The molecule has 0 saturated carbocycles. The van der Waals surface area contributed by atoms with E-state index in [1.54, 1.807) is 26.0 Å². The molecule has 0 heterocycles. The van der Waals surface area contributed by atoms with E-state index in [4.69, 9.17) is 5.73 Å². The van der Waals surface area contributed by atoms with Crippen LogP contribution in [0, 0.1) is 16.0 Å². The van der Waals surface area contributed by atoms with E-state index < -0.39 is 4.92 Å². The zero-order valence-corrected chi connectivity index (χ0v) is 11.3. The molecule has 2 unspecified atom stereocenters. The van der Waals surface area contributed by atoms with Gasteiger partial charge < -0.3 is 11.1 Å². The van der Waals surface area contributed by atoms with Gasteiger partial charge in [0, 0.05) is 23.4 Å². The lowest BCUT2D eigenvalue weighted by Crippen LogP contribution is -2.34. The van der Waals surface area contributed by atoms with Crippen molar-refractivity contribution >= 4 is 17.3 Å². The molecule has 6 heteroatoms. The highest BCUT2D eigenvalue weighted by atomic mass is 16.6. The first kappa shape index (κ1) is 15.1. The van der Waals surface area contributed by atoms with Crippen molar-refractivity contribution in [3.8, 4) is 0 Å². The summed E-state index contributed by atoms with van der Waals surface area (Å²) in [6.07, 6.45) is 0.570. The van der Waals surface area contributed by atoms with E-state index >= 15 is 0 Å². The van der Waals surface area contributed by atoms with Crippen molar-refractivity contribution in [1.82, 2.24) is 0 Å². The average molecular weight is 265 g/mol. The summed E-state index contributed by atoms with van der Waals surface area (Å²) in [5.41, 5.74) is 6.73. The third-order valence-corrected chi connectivity index (χ3v) is 3.13. The van der Waals surface area contributed by atoms with Gasteiger partial charge in [-0.05, 0) is 19.4 Å². The maximum Gasteiger partial charge on any atom is 0.274 e. The molecular weight excluding hydrogens is 246 g/mol. The Bertz CT molecular complexity index is 486. The van der Waals surface area contributed by atoms with E-state index in [2.05, 4.69) is 5.32 Å². The van der Waals surface area contributed by atoms with Gasteiger partial charge in [0.1, 0.15) is 0 Å². The van der Waals surface area contributed by atoms with Gasteiger partial charge in [-0.15, -0.1) is 0 Å². The van der Waals surface area contributed by atoms with Crippen LogP contribution in [0.1, 0.15) is 26.3 Å². The number of carbonyl (C=O) groups is 1. The number of benzene rings is 1. The second-order valence-electron chi connectivity index (χ2n) is 4.59. The molecule has 0 spiro atoms. The molecule has 0 aliphatic carbocycles. The molecule has 19 heavy (non-hydrogen) atoms. The van der Waals surface area contributed by atoms with Crippen LogP contribution in [0.4, 0.5) is 11.4 Å². The van der Waals surface area contributed by atoms with Crippen LogP contribution in [0.15, 0.2) is 18.2 Å². The standard InChI is InChI=1S/C13H19N3O3/c1-4-10-5-6-11(7-12(10)16(18)19)15-13(17)8(2)9(3)14/h5-9H,4,14H2,1-3H3,(H,15,17). The van der Waals surface area contributed by atoms with Crippen LogP contribution in [0.3, 0.4) is 0 Å². The fraction of sp³-hybridized carbons (Fsp3) is 0.462. The van der Waals surface area contributed by atoms with Crippen LogP contribution in [0.25, 0.3) is 0 Å². The first-order valence-electron chi connectivity index (χ1n) is 6.20. The first-order valence-corrected chi connectivity index (χ1v) is 6.20. The predicted molar refractivity (Wildman–Crippen MR) is 73.9 cm³/mol. The molecule has 3 N–H and O–H groups in total. The maximum atomic E-state index is 11.8. The lowest BCUT2D eigenvalue weighted by molar-refractivity contribution is -0.385. The van der Waals surface area contributed by atoms with Gasteiger partial charge >= 0.3 is 0 Å². The number of aryl methyl sites for hydroxylation is 1. The zero-order chi connectivity index (χ0) is 14.6. The van der Waals surface area contributed by atoms with E-state index in [-0.39, 0.29) is 23.6 Å². The van der Waals surface area contributed by atoms with Crippen molar-refractivity contribution in [3.63, 3.8) is 0 Å². The number of hydrogen-bond acceptors (Lipinski definition) is 4. The normalized spacial score (nSPS) is 13.7. The number of nitrogens with one attached hydrogen (secondary N) is 1.